The zero-order valence-electron chi connectivity index (χ0n) is 12.4. The van der Waals surface area contributed by atoms with Crippen LogP contribution in [-0.4, -0.2) is 29.0 Å². The lowest BCUT2D eigenvalue weighted by molar-refractivity contribution is 0.0593. The number of ether oxygens (including phenoxy) is 1. The van der Waals surface area contributed by atoms with E-state index < -0.39 is 11.9 Å². The van der Waals surface area contributed by atoms with Gasteiger partial charge in [-0.15, -0.1) is 0 Å². The van der Waals surface area contributed by atoms with Gasteiger partial charge in [0.15, 0.2) is 5.69 Å². The molecule has 0 radical (unpaired) electrons. The summed E-state index contributed by atoms with van der Waals surface area (Å²) in [4.78, 5) is 31.0. The molecule has 0 fully saturated rings. The second-order valence-electron chi connectivity index (χ2n) is 4.67. The first-order chi connectivity index (χ1) is 10.9. The molecule has 1 heterocycles. The van der Waals surface area contributed by atoms with Crippen LogP contribution in [0, 0.1) is 12.7 Å². The minimum absolute atomic E-state index is 0.0655. The van der Waals surface area contributed by atoms with Crippen molar-refractivity contribution in [2.45, 2.75) is 13.5 Å². The minimum Gasteiger partial charge on any atom is -0.464 e. The van der Waals surface area contributed by atoms with Gasteiger partial charge in [0.25, 0.3) is 5.91 Å². The monoisotopic (exact) mass is 337 g/mol. The van der Waals surface area contributed by atoms with Gasteiger partial charge < -0.3 is 10.1 Å². The molecule has 1 amide bonds. The summed E-state index contributed by atoms with van der Waals surface area (Å²) in [5.74, 6) is -1.58. The molecule has 8 heteroatoms. The van der Waals surface area contributed by atoms with Crippen LogP contribution < -0.4 is 5.32 Å². The van der Waals surface area contributed by atoms with E-state index in [-0.39, 0.29) is 29.0 Å². The number of methoxy groups -OCH3 is 1. The Morgan fingerprint density at radius 1 is 1.26 bits per heavy atom. The highest BCUT2D eigenvalue weighted by atomic mass is 35.5. The molecule has 0 saturated carbocycles. The third-order valence-electron chi connectivity index (χ3n) is 3.00. The van der Waals surface area contributed by atoms with E-state index in [1.165, 1.54) is 19.2 Å². The first kappa shape index (κ1) is 16.8. The van der Waals surface area contributed by atoms with Crippen LogP contribution in [0.25, 0.3) is 0 Å². The van der Waals surface area contributed by atoms with Gasteiger partial charge in [0.2, 0.25) is 5.28 Å². The number of carbonyl (C=O) groups is 2. The summed E-state index contributed by atoms with van der Waals surface area (Å²) in [7, 11) is 1.19. The maximum Gasteiger partial charge on any atom is 0.356 e. The number of benzene rings is 1. The van der Waals surface area contributed by atoms with Crippen LogP contribution in [-0.2, 0) is 11.3 Å². The molecule has 0 aliphatic heterocycles. The Bertz CT molecular complexity index is 768. The van der Waals surface area contributed by atoms with Gasteiger partial charge in [0, 0.05) is 12.6 Å². The molecule has 0 atom stereocenters. The van der Waals surface area contributed by atoms with Crippen molar-refractivity contribution in [1.29, 1.82) is 0 Å². The molecule has 23 heavy (non-hydrogen) atoms. The van der Waals surface area contributed by atoms with E-state index in [2.05, 4.69) is 20.0 Å². The average molecular weight is 338 g/mol. The predicted molar refractivity (Wildman–Crippen MR) is 80.7 cm³/mol. The summed E-state index contributed by atoms with van der Waals surface area (Å²) < 4.78 is 17.7. The quantitative estimate of drug-likeness (QED) is 0.684. The largest absolute Gasteiger partial charge is 0.464 e. The van der Waals surface area contributed by atoms with E-state index in [4.69, 9.17) is 11.6 Å². The first-order valence-electron chi connectivity index (χ1n) is 6.57. The summed E-state index contributed by atoms with van der Waals surface area (Å²) in [5, 5.41) is 2.37. The summed E-state index contributed by atoms with van der Waals surface area (Å²) >= 11 is 5.70. The lowest BCUT2D eigenvalue weighted by Gasteiger charge is -2.07. The Hall–Kier alpha value is -2.54. The molecule has 120 valence electrons. The molecule has 0 unspecified atom stereocenters. The molecule has 0 saturated heterocycles. The van der Waals surface area contributed by atoms with Crippen molar-refractivity contribution in [1.82, 2.24) is 15.3 Å². The molecule has 1 aromatic heterocycles. The van der Waals surface area contributed by atoms with Crippen molar-refractivity contribution in [3.05, 3.63) is 57.9 Å². The van der Waals surface area contributed by atoms with E-state index in [1.807, 2.05) is 0 Å². The van der Waals surface area contributed by atoms with Crippen molar-refractivity contribution in [3.8, 4) is 0 Å². The number of carbonyl (C=O) groups excluding carboxylic acids is 2. The molecule has 2 rings (SSSR count). The van der Waals surface area contributed by atoms with Crippen molar-refractivity contribution in [2.75, 3.05) is 7.11 Å². The number of aryl methyl sites for hydroxylation is 1. The molecule has 2 aromatic rings. The molecule has 0 aliphatic rings. The summed E-state index contributed by atoms with van der Waals surface area (Å²) in [5.41, 5.74) is 1.03. The topological polar surface area (TPSA) is 81.2 Å². The van der Waals surface area contributed by atoms with Crippen LogP contribution in [0.1, 0.15) is 32.1 Å². The maximum atomic E-state index is 13.2. The zero-order chi connectivity index (χ0) is 17.0. The first-order valence-corrected chi connectivity index (χ1v) is 6.94. The lowest BCUT2D eigenvalue weighted by atomic mass is 10.1. The van der Waals surface area contributed by atoms with Crippen LogP contribution in [0.4, 0.5) is 4.39 Å². The number of aromatic nitrogens is 2. The fraction of sp³-hybridized carbons (Fsp3) is 0.200. The van der Waals surface area contributed by atoms with Crippen LogP contribution in [0.2, 0.25) is 5.28 Å². The Morgan fingerprint density at radius 3 is 2.61 bits per heavy atom. The SMILES string of the molecule is COC(=O)c1cc(C(=O)NCc2ccc(F)c(C)c2)nc(Cl)n1. The van der Waals surface area contributed by atoms with Gasteiger partial charge in [0.1, 0.15) is 11.5 Å². The van der Waals surface area contributed by atoms with Crippen molar-refractivity contribution >= 4 is 23.5 Å². The molecule has 6 nitrogen and oxygen atoms in total. The number of nitrogens with zero attached hydrogens (tertiary/aromatic N) is 2. The van der Waals surface area contributed by atoms with E-state index in [1.54, 1.807) is 19.1 Å². The fourth-order valence-electron chi connectivity index (χ4n) is 1.83. The summed E-state index contributed by atoms with van der Waals surface area (Å²) in [6.45, 7) is 1.81. The van der Waals surface area contributed by atoms with Crippen LogP contribution in [0.3, 0.4) is 0 Å². The smallest absolute Gasteiger partial charge is 0.356 e. The van der Waals surface area contributed by atoms with Crippen LogP contribution in [0.5, 0.6) is 0 Å². The summed E-state index contributed by atoms with van der Waals surface area (Å²) in [6.07, 6.45) is 0. The Labute approximate surface area is 136 Å². The molecule has 0 aliphatic carbocycles. The third-order valence-corrected chi connectivity index (χ3v) is 3.17. The van der Waals surface area contributed by atoms with E-state index in [9.17, 15) is 14.0 Å². The number of hydrogen-bond acceptors (Lipinski definition) is 5. The number of esters is 1. The number of hydrogen-bond donors (Lipinski definition) is 1. The average Bonchev–Trinajstić information content (AvgIpc) is 2.54. The van der Waals surface area contributed by atoms with Gasteiger partial charge in [-0.25, -0.2) is 19.2 Å². The zero-order valence-corrected chi connectivity index (χ0v) is 13.1. The highest BCUT2D eigenvalue weighted by Gasteiger charge is 2.15. The van der Waals surface area contributed by atoms with Gasteiger partial charge in [-0.2, -0.15) is 0 Å². The van der Waals surface area contributed by atoms with Crippen LogP contribution >= 0.6 is 11.6 Å². The Balaban J connectivity index is 2.12. The van der Waals surface area contributed by atoms with Crippen molar-refractivity contribution in [3.63, 3.8) is 0 Å². The van der Waals surface area contributed by atoms with Gasteiger partial charge in [0.05, 0.1) is 7.11 Å². The van der Waals surface area contributed by atoms with Crippen LogP contribution in [0.15, 0.2) is 24.3 Å². The van der Waals surface area contributed by atoms with Gasteiger partial charge in [-0.3, -0.25) is 4.79 Å². The second-order valence-corrected chi connectivity index (χ2v) is 5.00. The second kappa shape index (κ2) is 7.15. The molecule has 1 N–H and O–H groups in total. The summed E-state index contributed by atoms with van der Waals surface area (Å²) in [6, 6.07) is 5.70. The molecule has 0 bridgehead atoms. The number of rotatable bonds is 4. The highest BCUT2D eigenvalue weighted by Crippen LogP contribution is 2.10. The minimum atomic E-state index is -0.725. The lowest BCUT2D eigenvalue weighted by Crippen LogP contribution is -2.24. The number of halogens is 2. The number of amides is 1. The van der Waals surface area contributed by atoms with Crippen molar-refractivity contribution < 1.29 is 18.7 Å². The maximum absolute atomic E-state index is 13.2. The van der Waals surface area contributed by atoms with Gasteiger partial charge in [-0.1, -0.05) is 12.1 Å². The molecule has 1 aromatic carbocycles. The van der Waals surface area contributed by atoms with E-state index >= 15 is 0 Å². The molecular formula is C15H13ClFN3O3. The number of nitrogens with one attached hydrogen (secondary N) is 1. The third kappa shape index (κ3) is 4.23. The van der Waals surface area contributed by atoms with Gasteiger partial charge >= 0.3 is 5.97 Å². The normalized spacial score (nSPS) is 10.3. The standard InChI is InChI=1S/C15H13ClFN3O3/c1-8-5-9(3-4-10(8)17)7-18-13(21)11-6-12(14(22)23-2)20-15(16)19-11/h3-6H,7H2,1-2H3,(H,18,21). The Kier molecular flexibility index (Phi) is 5.23. The highest BCUT2D eigenvalue weighted by molar-refractivity contribution is 6.28. The predicted octanol–water partition coefficient (Wildman–Crippen LogP) is 2.29. The molecular weight excluding hydrogens is 325 g/mol. The van der Waals surface area contributed by atoms with E-state index in [0.29, 0.717) is 5.56 Å². The van der Waals surface area contributed by atoms with E-state index in [0.717, 1.165) is 5.56 Å². The van der Waals surface area contributed by atoms with Gasteiger partial charge in [-0.05, 0) is 35.7 Å². The fourth-order valence-corrected chi connectivity index (χ4v) is 2.02. The molecule has 0 spiro atoms. The Morgan fingerprint density at radius 2 is 1.96 bits per heavy atom. The van der Waals surface area contributed by atoms with Crippen molar-refractivity contribution in [2.24, 2.45) is 0 Å².